The Kier molecular flexibility index (Phi) is 4.32. The van der Waals surface area contributed by atoms with Crippen LogP contribution in [0.4, 0.5) is 4.39 Å². The first-order valence-corrected chi connectivity index (χ1v) is 8.01. The van der Waals surface area contributed by atoms with Crippen molar-refractivity contribution < 1.29 is 14.3 Å². The van der Waals surface area contributed by atoms with E-state index >= 15 is 0 Å². The Morgan fingerprint density at radius 3 is 2.52 bits per heavy atom. The zero-order chi connectivity index (χ0) is 18.1. The van der Waals surface area contributed by atoms with Crippen molar-refractivity contribution in [2.45, 2.75) is 13.5 Å². The number of rotatable bonds is 4. The quantitative estimate of drug-likeness (QED) is 0.763. The van der Waals surface area contributed by atoms with E-state index < -0.39 is 28.6 Å². The highest BCUT2D eigenvalue weighted by atomic mass is 32.1. The first-order valence-electron chi connectivity index (χ1n) is 7.13. The summed E-state index contributed by atoms with van der Waals surface area (Å²) >= 11 is 1.39. The molecule has 2 aromatic heterocycles. The van der Waals surface area contributed by atoms with Gasteiger partial charge in [-0.05, 0) is 31.2 Å². The van der Waals surface area contributed by atoms with Crippen LogP contribution in [0, 0.1) is 12.7 Å². The Morgan fingerprint density at radius 2 is 1.96 bits per heavy atom. The third kappa shape index (κ3) is 3.26. The smallest absolute Gasteiger partial charge is 0.342 e. The largest absolute Gasteiger partial charge is 0.477 e. The summed E-state index contributed by atoms with van der Waals surface area (Å²) in [4.78, 5) is 40.7. The van der Waals surface area contributed by atoms with E-state index in [9.17, 15) is 23.9 Å². The van der Waals surface area contributed by atoms with Crippen molar-refractivity contribution >= 4 is 17.3 Å². The molecule has 0 saturated heterocycles. The lowest BCUT2D eigenvalue weighted by Gasteiger charge is -2.11. The van der Waals surface area contributed by atoms with E-state index in [2.05, 4.69) is 4.98 Å². The predicted molar refractivity (Wildman–Crippen MR) is 89.2 cm³/mol. The van der Waals surface area contributed by atoms with E-state index in [0.29, 0.717) is 10.3 Å². The summed E-state index contributed by atoms with van der Waals surface area (Å²) in [5.41, 5.74) is -1.61. The molecule has 3 rings (SSSR count). The third-order valence-electron chi connectivity index (χ3n) is 3.47. The van der Waals surface area contributed by atoms with Gasteiger partial charge in [-0.3, -0.25) is 9.36 Å². The summed E-state index contributed by atoms with van der Waals surface area (Å²) in [7, 11) is 0. The number of thiazole rings is 1. The molecule has 0 aliphatic carbocycles. The molecule has 9 heteroatoms. The maximum atomic E-state index is 13.1. The van der Waals surface area contributed by atoms with Gasteiger partial charge in [-0.2, -0.15) is 0 Å². The Morgan fingerprint density at radius 1 is 1.28 bits per heavy atom. The number of hydrogen-bond donors (Lipinski definition) is 1. The van der Waals surface area contributed by atoms with Crippen molar-refractivity contribution in [2.24, 2.45) is 0 Å². The average Bonchev–Trinajstić information content (AvgIpc) is 2.96. The van der Waals surface area contributed by atoms with Crippen molar-refractivity contribution in [3.8, 4) is 5.69 Å². The number of nitrogens with zero attached hydrogens (tertiary/aromatic N) is 3. The summed E-state index contributed by atoms with van der Waals surface area (Å²) < 4.78 is 14.9. The molecular weight excluding hydrogens is 349 g/mol. The molecule has 0 radical (unpaired) electrons. The molecule has 0 unspecified atom stereocenters. The molecule has 0 aliphatic heterocycles. The number of aryl methyl sites for hydroxylation is 1. The van der Waals surface area contributed by atoms with E-state index in [1.54, 1.807) is 12.3 Å². The van der Waals surface area contributed by atoms with E-state index in [-0.39, 0.29) is 12.2 Å². The van der Waals surface area contributed by atoms with Gasteiger partial charge in [0.2, 0.25) is 0 Å². The van der Waals surface area contributed by atoms with E-state index in [1.807, 2.05) is 0 Å². The highest BCUT2D eigenvalue weighted by Crippen LogP contribution is 2.10. The molecule has 2 heterocycles. The molecule has 1 aromatic carbocycles. The number of aromatic carboxylic acids is 1. The molecule has 0 bridgehead atoms. The maximum absolute atomic E-state index is 13.1. The molecular formula is C16H12FN3O4S. The van der Waals surface area contributed by atoms with Gasteiger partial charge in [-0.15, -0.1) is 11.3 Å². The van der Waals surface area contributed by atoms with Gasteiger partial charge in [-0.1, -0.05) is 0 Å². The van der Waals surface area contributed by atoms with Crippen LogP contribution in [0.5, 0.6) is 0 Å². The Balaban J connectivity index is 2.22. The van der Waals surface area contributed by atoms with Crippen LogP contribution in [-0.4, -0.2) is 25.2 Å². The second-order valence-electron chi connectivity index (χ2n) is 5.23. The van der Waals surface area contributed by atoms with Crippen LogP contribution in [0.1, 0.15) is 21.1 Å². The van der Waals surface area contributed by atoms with E-state index in [0.717, 1.165) is 27.9 Å². The third-order valence-corrected chi connectivity index (χ3v) is 4.29. The van der Waals surface area contributed by atoms with Crippen molar-refractivity contribution in [3.63, 3.8) is 0 Å². The molecule has 0 spiro atoms. The van der Waals surface area contributed by atoms with Crippen LogP contribution in [0.15, 0.2) is 45.4 Å². The molecule has 128 valence electrons. The van der Waals surface area contributed by atoms with E-state index in [4.69, 9.17) is 0 Å². The number of carbonyl (C=O) groups is 1. The van der Waals surface area contributed by atoms with Crippen molar-refractivity contribution in [1.82, 2.24) is 14.1 Å². The summed E-state index contributed by atoms with van der Waals surface area (Å²) in [6, 6.07) is 4.65. The van der Waals surface area contributed by atoms with Gasteiger partial charge in [0.05, 0.1) is 22.9 Å². The first-order chi connectivity index (χ1) is 11.9. The predicted octanol–water partition coefficient (Wildman–Crippen LogP) is 1.65. The zero-order valence-corrected chi connectivity index (χ0v) is 13.8. The molecule has 0 fully saturated rings. The minimum Gasteiger partial charge on any atom is -0.477 e. The van der Waals surface area contributed by atoms with Gasteiger partial charge in [0.1, 0.15) is 11.4 Å². The molecule has 0 aliphatic rings. The molecule has 7 nitrogen and oxygen atoms in total. The fourth-order valence-corrected chi connectivity index (χ4v) is 2.94. The lowest BCUT2D eigenvalue weighted by Crippen LogP contribution is -2.41. The van der Waals surface area contributed by atoms with Crippen molar-refractivity contribution in [2.75, 3.05) is 0 Å². The molecule has 0 saturated carbocycles. The van der Waals surface area contributed by atoms with Crippen LogP contribution < -0.4 is 11.2 Å². The SMILES string of the molecule is Cc1nc(Cn2cc(C(=O)O)c(=O)n(-c3ccc(F)cc3)c2=O)cs1. The van der Waals surface area contributed by atoms with Crippen LogP contribution in [-0.2, 0) is 6.54 Å². The highest BCUT2D eigenvalue weighted by molar-refractivity contribution is 7.09. The first kappa shape index (κ1) is 16.8. The zero-order valence-electron chi connectivity index (χ0n) is 13.0. The molecule has 1 N–H and O–H groups in total. The van der Waals surface area contributed by atoms with Gasteiger partial charge in [0.15, 0.2) is 0 Å². The van der Waals surface area contributed by atoms with E-state index in [1.165, 1.54) is 23.5 Å². The van der Waals surface area contributed by atoms with Gasteiger partial charge in [0, 0.05) is 11.6 Å². The van der Waals surface area contributed by atoms with Crippen LogP contribution in [0.25, 0.3) is 5.69 Å². The normalized spacial score (nSPS) is 10.8. The maximum Gasteiger partial charge on any atom is 0.342 e. The Labute approximate surface area is 144 Å². The molecule has 3 aromatic rings. The molecule has 0 amide bonds. The number of aromatic nitrogens is 3. The summed E-state index contributed by atoms with van der Waals surface area (Å²) in [5, 5.41) is 11.8. The monoisotopic (exact) mass is 361 g/mol. The fraction of sp³-hybridized carbons (Fsp3) is 0.125. The number of halogens is 1. The van der Waals surface area contributed by atoms with Gasteiger partial charge < -0.3 is 5.11 Å². The second kappa shape index (κ2) is 6.44. The summed E-state index contributed by atoms with van der Waals surface area (Å²) in [5.74, 6) is -1.99. The number of benzene rings is 1. The van der Waals surface area contributed by atoms with Gasteiger partial charge in [0.25, 0.3) is 5.56 Å². The van der Waals surface area contributed by atoms with Crippen LogP contribution in [0.3, 0.4) is 0 Å². The van der Waals surface area contributed by atoms with Crippen molar-refractivity contribution in [1.29, 1.82) is 0 Å². The highest BCUT2D eigenvalue weighted by Gasteiger charge is 2.18. The Bertz CT molecular complexity index is 1070. The second-order valence-corrected chi connectivity index (χ2v) is 6.30. The number of hydrogen-bond acceptors (Lipinski definition) is 5. The summed E-state index contributed by atoms with van der Waals surface area (Å²) in [6.45, 7) is 1.82. The minimum atomic E-state index is -1.45. The molecule has 0 atom stereocenters. The average molecular weight is 361 g/mol. The Hall–Kier alpha value is -3.07. The van der Waals surface area contributed by atoms with Gasteiger partial charge >= 0.3 is 11.7 Å². The number of carboxylic acids is 1. The van der Waals surface area contributed by atoms with Crippen molar-refractivity contribution in [3.05, 3.63) is 78.8 Å². The minimum absolute atomic E-state index is 0.0188. The van der Waals surface area contributed by atoms with Crippen LogP contribution >= 0.6 is 11.3 Å². The lowest BCUT2D eigenvalue weighted by molar-refractivity contribution is 0.0693. The topological polar surface area (TPSA) is 94.2 Å². The number of carboxylic acid groups (broad SMARTS) is 1. The van der Waals surface area contributed by atoms with Crippen LogP contribution in [0.2, 0.25) is 0 Å². The summed E-state index contributed by atoms with van der Waals surface area (Å²) in [6.07, 6.45) is 1.00. The van der Waals surface area contributed by atoms with Gasteiger partial charge in [-0.25, -0.2) is 23.5 Å². The fourth-order valence-electron chi connectivity index (χ4n) is 2.34. The lowest BCUT2D eigenvalue weighted by atomic mass is 10.2. The molecule has 25 heavy (non-hydrogen) atoms. The standard InChI is InChI=1S/C16H12FN3O4S/c1-9-18-11(8-25-9)6-19-7-13(15(22)23)14(21)20(16(19)24)12-4-2-10(17)3-5-12/h2-5,7-8H,6H2,1H3,(H,22,23).